The number of anilines is 1. The second-order valence-electron chi connectivity index (χ2n) is 5.96. The number of hydrogen-bond acceptors (Lipinski definition) is 7. The number of methoxy groups -OCH3 is 1. The van der Waals surface area contributed by atoms with Crippen molar-refractivity contribution in [1.82, 2.24) is 0 Å². The standard InChI is InChI=1S/C19H17N3O5/c1-21(2)16-9-4-12(11-17(16)22(24)25)10-15-19(23)27-18(20-15)13-5-7-14(26-3)8-6-13/h4-11H,1-3H3/b15-10-. The number of hydrogen-bond donors (Lipinski definition) is 0. The Hall–Kier alpha value is -3.68. The molecule has 8 heteroatoms. The zero-order chi connectivity index (χ0) is 19.6. The minimum Gasteiger partial charge on any atom is -0.497 e. The quantitative estimate of drug-likeness (QED) is 0.349. The van der Waals surface area contributed by atoms with Gasteiger partial charge < -0.3 is 14.4 Å². The van der Waals surface area contributed by atoms with Crippen molar-refractivity contribution >= 4 is 29.3 Å². The molecule has 0 saturated carbocycles. The van der Waals surface area contributed by atoms with E-state index in [9.17, 15) is 14.9 Å². The Labute approximate surface area is 155 Å². The molecule has 0 spiro atoms. The highest BCUT2D eigenvalue weighted by Crippen LogP contribution is 2.29. The second kappa shape index (κ2) is 7.28. The summed E-state index contributed by atoms with van der Waals surface area (Å²) < 4.78 is 10.3. The first-order chi connectivity index (χ1) is 12.9. The highest BCUT2D eigenvalue weighted by atomic mass is 16.6. The van der Waals surface area contributed by atoms with Crippen molar-refractivity contribution in [3.8, 4) is 5.75 Å². The van der Waals surface area contributed by atoms with E-state index in [1.54, 1.807) is 62.5 Å². The van der Waals surface area contributed by atoms with Gasteiger partial charge in [0.05, 0.1) is 12.0 Å². The van der Waals surface area contributed by atoms with Crippen LogP contribution in [0.15, 0.2) is 53.2 Å². The molecule has 3 rings (SSSR count). The molecule has 0 unspecified atom stereocenters. The fourth-order valence-electron chi connectivity index (χ4n) is 2.58. The third-order valence-electron chi connectivity index (χ3n) is 3.94. The van der Waals surface area contributed by atoms with Crippen LogP contribution in [0.4, 0.5) is 11.4 Å². The van der Waals surface area contributed by atoms with E-state index in [2.05, 4.69) is 4.99 Å². The zero-order valence-corrected chi connectivity index (χ0v) is 15.0. The highest BCUT2D eigenvalue weighted by molar-refractivity contribution is 6.12. The molecule has 27 heavy (non-hydrogen) atoms. The average molecular weight is 367 g/mol. The van der Waals surface area contributed by atoms with Crippen molar-refractivity contribution in [3.05, 3.63) is 69.4 Å². The third kappa shape index (κ3) is 3.79. The van der Waals surface area contributed by atoms with Crippen LogP contribution in [0.5, 0.6) is 5.75 Å². The molecule has 2 aromatic carbocycles. The van der Waals surface area contributed by atoms with Crippen LogP contribution in [0, 0.1) is 10.1 Å². The normalized spacial score (nSPS) is 14.7. The summed E-state index contributed by atoms with van der Waals surface area (Å²) in [5.41, 5.74) is 1.60. The van der Waals surface area contributed by atoms with E-state index in [0.717, 1.165) is 0 Å². The van der Waals surface area contributed by atoms with E-state index >= 15 is 0 Å². The number of ether oxygens (including phenoxy) is 2. The number of rotatable bonds is 5. The summed E-state index contributed by atoms with van der Waals surface area (Å²) in [5.74, 6) is 0.237. The summed E-state index contributed by atoms with van der Waals surface area (Å²) in [6, 6.07) is 11.6. The predicted octanol–water partition coefficient (Wildman–Crippen LogP) is 3.01. The van der Waals surface area contributed by atoms with Crippen LogP contribution in [0.3, 0.4) is 0 Å². The Morgan fingerprint density at radius 2 is 1.89 bits per heavy atom. The molecule has 0 bridgehead atoms. The molecule has 0 fully saturated rings. The van der Waals surface area contributed by atoms with Crippen LogP contribution < -0.4 is 9.64 Å². The highest BCUT2D eigenvalue weighted by Gasteiger charge is 2.25. The number of cyclic esters (lactones) is 1. The van der Waals surface area contributed by atoms with Crippen molar-refractivity contribution in [2.45, 2.75) is 0 Å². The lowest BCUT2D eigenvalue weighted by Gasteiger charge is -2.12. The Balaban J connectivity index is 1.94. The first-order valence-corrected chi connectivity index (χ1v) is 8.02. The monoisotopic (exact) mass is 367 g/mol. The topological polar surface area (TPSA) is 94.3 Å². The summed E-state index contributed by atoms with van der Waals surface area (Å²) in [6.07, 6.45) is 1.46. The van der Waals surface area contributed by atoms with Crippen LogP contribution in [-0.4, -0.2) is 38.0 Å². The van der Waals surface area contributed by atoms with Gasteiger partial charge in [-0.3, -0.25) is 10.1 Å². The fourth-order valence-corrected chi connectivity index (χ4v) is 2.58. The van der Waals surface area contributed by atoms with Crippen molar-refractivity contribution < 1.29 is 19.2 Å². The molecule has 0 saturated heterocycles. The van der Waals surface area contributed by atoms with Crippen LogP contribution in [0.25, 0.3) is 6.08 Å². The van der Waals surface area contributed by atoms with Gasteiger partial charge in [-0.15, -0.1) is 0 Å². The van der Waals surface area contributed by atoms with Gasteiger partial charge in [-0.2, -0.15) is 0 Å². The molecule has 0 N–H and O–H groups in total. The molecule has 1 aliphatic rings. The molecule has 0 aromatic heterocycles. The summed E-state index contributed by atoms with van der Waals surface area (Å²) in [7, 11) is 5.00. The average Bonchev–Trinajstić information content (AvgIpc) is 3.02. The minimum atomic E-state index is -0.611. The number of nitrogens with zero attached hydrogens (tertiary/aromatic N) is 3. The van der Waals surface area contributed by atoms with Crippen LogP contribution >= 0.6 is 0 Å². The maximum atomic E-state index is 12.1. The molecule has 0 atom stereocenters. The molecular formula is C19H17N3O5. The molecular weight excluding hydrogens is 350 g/mol. The van der Waals surface area contributed by atoms with Crippen molar-refractivity contribution in [2.75, 3.05) is 26.1 Å². The number of benzene rings is 2. The zero-order valence-electron chi connectivity index (χ0n) is 15.0. The van der Waals surface area contributed by atoms with Crippen molar-refractivity contribution in [2.24, 2.45) is 4.99 Å². The number of carbonyl (C=O) groups is 1. The van der Waals surface area contributed by atoms with E-state index in [1.165, 1.54) is 12.1 Å². The summed E-state index contributed by atoms with van der Waals surface area (Å²) >= 11 is 0. The lowest BCUT2D eigenvalue weighted by Crippen LogP contribution is -2.11. The van der Waals surface area contributed by atoms with Crippen molar-refractivity contribution in [1.29, 1.82) is 0 Å². The molecule has 0 amide bonds. The molecule has 0 radical (unpaired) electrons. The molecule has 1 heterocycles. The number of nitro benzene ring substituents is 1. The Kier molecular flexibility index (Phi) is 4.89. The van der Waals surface area contributed by atoms with Gasteiger partial charge in [0.2, 0.25) is 5.90 Å². The van der Waals surface area contributed by atoms with E-state index in [4.69, 9.17) is 9.47 Å². The van der Waals surface area contributed by atoms with Crippen LogP contribution in [-0.2, 0) is 9.53 Å². The summed E-state index contributed by atoms with van der Waals surface area (Å²) in [5, 5.41) is 11.3. The molecule has 2 aromatic rings. The predicted molar refractivity (Wildman–Crippen MR) is 101 cm³/mol. The number of carbonyl (C=O) groups excluding carboxylic acids is 1. The van der Waals surface area contributed by atoms with Gasteiger partial charge in [-0.1, -0.05) is 6.07 Å². The molecule has 1 aliphatic heterocycles. The number of aliphatic imine (C=N–C) groups is 1. The second-order valence-corrected chi connectivity index (χ2v) is 5.96. The lowest BCUT2D eigenvalue weighted by atomic mass is 10.1. The van der Waals surface area contributed by atoms with E-state index in [1.807, 2.05) is 0 Å². The van der Waals surface area contributed by atoms with Gasteiger partial charge in [0.25, 0.3) is 5.69 Å². The van der Waals surface area contributed by atoms with Crippen LogP contribution in [0.1, 0.15) is 11.1 Å². The van der Waals surface area contributed by atoms with Gasteiger partial charge >= 0.3 is 5.97 Å². The van der Waals surface area contributed by atoms with Crippen molar-refractivity contribution in [3.63, 3.8) is 0 Å². The fraction of sp³-hybridized carbons (Fsp3) is 0.158. The molecule has 8 nitrogen and oxygen atoms in total. The minimum absolute atomic E-state index is 0.0555. The smallest absolute Gasteiger partial charge is 0.363 e. The SMILES string of the molecule is COc1ccc(C2=N/C(=C\c3ccc(N(C)C)c([N+](=O)[O-])c3)C(=O)O2)cc1. The Bertz CT molecular complexity index is 962. The maximum Gasteiger partial charge on any atom is 0.363 e. The summed E-state index contributed by atoms with van der Waals surface area (Å²) in [6.45, 7) is 0. The van der Waals surface area contributed by atoms with Gasteiger partial charge in [0.1, 0.15) is 11.4 Å². The molecule has 138 valence electrons. The number of nitro groups is 1. The summed E-state index contributed by atoms with van der Waals surface area (Å²) in [4.78, 5) is 28.8. The largest absolute Gasteiger partial charge is 0.497 e. The van der Waals surface area contributed by atoms with E-state index < -0.39 is 10.9 Å². The lowest BCUT2D eigenvalue weighted by molar-refractivity contribution is -0.384. The van der Waals surface area contributed by atoms with Crippen LogP contribution in [0.2, 0.25) is 0 Å². The first-order valence-electron chi connectivity index (χ1n) is 8.02. The Morgan fingerprint density at radius 1 is 1.19 bits per heavy atom. The Morgan fingerprint density at radius 3 is 2.48 bits per heavy atom. The van der Waals surface area contributed by atoms with Gasteiger partial charge in [-0.25, -0.2) is 9.79 Å². The molecule has 0 aliphatic carbocycles. The van der Waals surface area contributed by atoms with E-state index in [-0.39, 0.29) is 17.3 Å². The third-order valence-corrected chi connectivity index (χ3v) is 3.94. The first kappa shape index (κ1) is 18.1. The van der Waals surface area contributed by atoms with Gasteiger partial charge in [0, 0.05) is 25.7 Å². The number of esters is 1. The van der Waals surface area contributed by atoms with Gasteiger partial charge in [0.15, 0.2) is 5.70 Å². The maximum absolute atomic E-state index is 12.1. The van der Waals surface area contributed by atoms with Gasteiger partial charge in [-0.05, 0) is 42.0 Å². The van der Waals surface area contributed by atoms with E-state index in [0.29, 0.717) is 22.6 Å².